The molecule has 0 fully saturated rings. The van der Waals surface area contributed by atoms with Gasteiger partial charge in [0, 0.05) is 0 Å². The first-order chi connectivity index (χ1) is 8.53. The second-order valence-electron chi connectivity index (χ2n) is 3.84. The zero-order chi connectivity index (χ0) is 14.8. The third kappa shape index (κ3) is 4.81. The summed E-state index contributed by atoms with van der Waals surface area (Å²) in [4.78, 5) is -0.178. The Bertz CT molecular complexity index is 686. The quantitative estimate of drug-likeness (QED) is 0.771. The summed E-state index contributed by atoms with van der Waals surface area (Å²) in [5, 5.41) is 4.80. The fourth-order valence-electron chi connectivity index (χ4n) is 1.34. The molecule has 6 nitrogen and oxygen atoms in total. The highest BCUT2D eigenvalue weighted by atomic mass is 35.5. The van der Waals surface area contributed by atoms with Crippen molar-refractivity contribution in [3.63, 3.8) is 0 Å². The number of nitrogen functional groups attached to an aromatic ring is 1. The van der Waals surface area contributed by atoms with Gasteiger partial charge in [0.15, 0.2) is 9.84 Å². The van der Waals surface area contributed by atoms with Crippen LogP contribution in [-0.4, -0.2) is 28.3 Å². The minimum atomic E-state index is -3.74. The fourth-order valence-corrected chi connectivity index (χ4v) is 4.22. The molecule has 0 aromatic heterocycles. The molecule has 108 valence electrons. The molecule has 0 aliphatic heterocycles. The van der Waals surface area contributed by atoms with Crippen LogP contribution in [0.3, 0.4) is 0 Å². The molecule has 0 unspecified atom stereocenters. The maximum Gasteiger partial charge on any atom is 0.209 e. The molecule has 0 atom stereocenters. The van der Waals surface area contributed by atoms with E-state index < -0.39 is 31.4 Å². The first-order valence-corrected chi connectivity index (χ1v) is 9.13. The third-order valence-electron chi connectivity index (χ3n) is 2.23. The molecule has 0 radical (unpaired) electrons. The van der Waals surface area contributed by atoms with Crippen molar-refractivity contribution in [1.29, 1.82) is 0 Å². The van der Waals surface area contributed by atoms with E-state index in [9.17, 15) is 16.8 Å². The average Bonchev–Trinajstić information content (AvgIpc) is 2.20. The second-order valence-corrected chi connectivity index (χ2v) is 8.47. The normalized spacial score (nSPS) is 12.6. The van der Waals surface area contributed by atoms with Crippen LogP contribution in [0.1, 0.15) is 6.42 Å². The van der Waals surface area contributed by atoms with Crippen molar-refractivity contribution in [3.05, 3.63) is 22.2 Å². The molecule has 0 spiro atoms. The van der Waals surface area contributed by atoms with Gasteiger partial charge in [0.25, 0.3) is 0 Å². The van der Waals surface area contributed by atoms with Crippen molar-refractivity contribution in [2.24, 2.45) is 5.14 Å². The highest BCUT2D eigenvalue weighted by molar-refractivity contribution is 7.91. The number of halogens is 2. The van der Waals surface area contributed by atoms with Crippen LogP contribution >= 0.6 is 23.2 Å². The second kappa shape index (κ2) is 5.84. The SMILES string of the molecule is Nc1cc(Cl)c(S(=O)(=O)CCCS(N)(=O)=O)cc1Cl. The van der Waals surface area contributed by atoms with Gasteiger partial charge in [0.1, 0.15) is 0 Å². The molecule has 0 saturated heterocycles. The summed E-state index contributed by atoms with van der Waals surface area (Å²) in [6.07, 6.45) is -0.126. The van der Waals surface area contributed by atoms with Gasteiger partial charge in [-0.2, -0.15) is 0 Å². The first-order valence-electron chi connectivity index (χ1n) is 5.01. The Balaban J connectivity index is 2.98. The topological polar surface area (TPSA) is 120 Å². The number of hydrogen-bond acceptors (Lipinski definition) is 5. The van der Waals surface area contributed by atoms with Crippen molar-refractivity contribution in [2.75, 3.05) is 17.2 Å². The molecule has 0 bridgehead atoms. The van der Waals surface area contributed by atoms with E-state index in [2.05, 4.69) is 0 Å². The number of anilines is 1. The summed E-state index contributed by atoms with van der Waals surface area (Å²) >= 11 is 11.5. The first kappa shape index (κ1) is 16.5. The molecule has 19 heavy (non-hydrogen) atoms. The number of nitrogens with two attached hydrogens (primary N) is 2. The van der Waals surface area contributed by atoms with Gasteiger partial charge in [-0.25, -0.2) is 22.0 Å². The van der Waals surface area contributed by atoms with Crippen molar-refractivity contribution >= 4 is 48.7 Å². The van der Waals surface area contributed by atoms with E-state index in [1.807, 2.05) is 0 Å². The fraction of sp³-hybridized carbons (Fsp3) is 0.333. The van der Waals surface area contributed by atoms with Crippen LogP contribution in [0.15, 0.2) is 17.0 Å². The summed E-state index contributed by atoms with van der Waals surface area (Å²) in [5.74, 6) is -0.823. The van der Waals surface area contributed by atoms with Crippen molar-refractivity contribution in [2.45, 2.75) is 11.3 Å². The predicted octanol–water partition coefficient (Wildman–Crippen LogP) is 1.03. The Morgan fingerprint density at radius 3 is 2.11 bits per heavy atom. The van der Waals surface area contributed by atoms with E-state index >= 15 is 0 Å². The van der Waals surface area contributed by atoms with Crippen LogP contribution in [-0.2, 0) is 19.9 Å². The molecule has 0 amide bonds. The van der Waals surface area contributed by atoms with Crippen molar-refractivity contribution in [3.8, 4) is 0 Å². The number of hydrogen-bond donors (Lipinski definition) is 2. The predicted molar refractivity (Wildman–Crippen MR) is 75.5 cm³/mol. The molecule has 0 aliphatic carbocycles. The molecule has 1 rings (SSSR count). The van der Waals surface area contributed by atoms with Crippen LogP contribution < -0.4 is 10.9 Å². The number of sulfonamides is 1. The number of rotatable bonds is 5. The standard InChI is InChI=1S/C9H12Cl2N2O4S2/c10-6-5-9(7(11)4-8(6)12)18(14,15)2-1-3-19(13,16)17/h4-5H,1-3,12H2,(H2,13,16,17). The summed E-state index contributed by atoms with van der Waals surface area (Å²) in [5.41, 5.74) is 5.65. The van der Waals surface area contributed by atoms with Gasteiger partial charge in [-0.3, -0.25) is 0 Å². The Morgan fingerprint density at radius 2 is 1.58 bits per heavy atom. The van der Waals surface area contributed by atoms with Crippen LogP contribution in [0, 0.1) is 0 Å². The third-order valence-corrected chi connectivity index (χ3v) is 5.67. The molecule has 10 heteroatoms. The summed E-state index contributed by atoms with van der Waals surface area (Å²) in [6.45, 7) is 0. The van der Waals surface area contributed by atoms with Gasteiger partial charge in [0.05, 0.1) is 32.1 Å². The number of sulfone groups is 1. The summed E-state index contributed by atoms with van der Waals surface area (Å²) in [6, 6.07) is 2.38. The van der Waals surface area contributed by atoms with E-state index in [-0.39, 0.29) is 27.0 Å². The smallest absolute Gasteiger partial charge is 0.209 e. The Kier molecular flexibility index (Phi) is 5.08. The molecule has 4 N–H and O–H groups in total. The van der Waals surface area contributed by atoms with Crippen LogP contribution in [0.25, 0.3) is 0 Å². The van der Waals surface area contributed by atoms with E-state index in [0.717, 1.165) is 6.07 Å². The Morgan fingerprint density at radius 1 is 1.00 bits per heavy atom. The van der Waals surface area contributed by atoms with Gasteiger partial charge in [-0.05, 0) is 18.6 Å². The number of benzene rings is 1. The molecule has 1 aromatic rings. The highest BCUT2D eigenvalue weighted by Crippen LogP contribution is 2.30. The zero-order valence-corrected chi connectivity index (χ0v) is 12.8. The maximum atomic E-state index is 12.0. The van der Waals surface area contributed by atoms with Crippen molar-refractivity contribution in [1.82, 2.24) is 0 Å². The monoisotopic (exact) mass is 346 g/mol. The van der Waals surface area contributed by atoms with Gasteiger partial charge < -0.3 is 5.73 Å². The average molecular weight is 347 g/mol. The molecular formula is C9H12Cl2N2O4S2. The van der Waals surface area contributed by atoms with Gasteiger partial charge in [-0.1, -0.05) is 23.2 Å². The molecule has 0 saturated carbocycles. The summed E-state index contributed by atoms with van der Waals surface area (Å²) in [7, 11) is -7.44. The van der Waals surface area contributed by atoms with E-state index in [1.165, 1.54) is 6.07 Å². The lowest BCUT2D eigenvalue weighted by molar-refractivity contribution is 0.591. The van der Waals surface area contributed by atoms with Crippen LogP contribution in [0.4, 0.5) is 5.69 Å². The highest BCUT2D eigenvalue weighted by Gasteiger charge is 2.20. The lowest BCUT2D eigenvalue weighted by Gasteiger charge is -2.08. The molecular weight excluding hydrogens is 335 g/mol. The minimum Gasteiger partial charge on any atom is -0.397 e. The Hall–Kier alpha value is -0.540. The lowest BCUT2D eigenvalue weighted by Crippen LogP contribution is -2.19. The van der Waals surface area contributed by atoms with Crippen LogP contribution in [0.2, 0.25) is 10.0 Å². The Labute approximate surface area is 121 Å². The minimum absolute atomic E-state index is 0.0579. The van der Waals surface area contributed by atoms with E-state index in [4.69, 9.17) is 34.1 Å². The molecule has 0 aliphatic rings. The number of primary sulfonamides is 1. The van der Waals surface area contributed by atoms with E-state index in [1.54, 1.807) is 0 Å². The van der Waals surface area contributed by atoms with Gasteiger partial charge >= 0.3 is 0 Å². The molecule has 1 aromatic carbocycles. The van der Waals surface area contributed by atoms with Gasteiger partial charge in [-0.15, -0.1) is 0 Å². The molecule has 0 heterocycles. The van der Waals surface area contributed by atoms with E-state index in [0.29, 0.717) is 0 Å². The maximum absolute atomic E-state index is 12.0. The van der Waals surface area contributed by atoms with Crippen molar-refractivity contribution < 1.29 is 16.8 Å². The lowest BCUT2D eigenvalue weighted by atomic mass is 10.3. The largest absolute Gasteiger partial charge is 0.397 e. The van der Waals surface area contributed by atoms with Crippen LogP contribution in [0.5, 0.6) is 0 Å². The summed E-state index contributed by atoms with van der Waals surface area (Å²) < 4.78 is 45.4. The zero-order valence-electron chi connectivity index (χ0n) is 9.64. The van der Waals surface area contributed by atoms with Gasteiger partial charge in [0.2, 0.25) is 10.0 Å².